The van der Waals surface area contributed by atoms with Gasteiger partial charge in [-0.05, 0) is 60.5 Å². The van der Waals surface area contributed by atoms with Gasteiger partial charge in [0.2, 0.25) is 0 Å². The molecule has 198 valence electrons. The third kappa shape index (κ3) is 3.97. The summed E-state index contributed by atoms with van der Waals surface area (Å²) in [5, 5.41) is 34.6. The number of rotatable bonds is 8. The summed E-state index contributed by atoms with van der Waals surface area (Å²) in [6.45, 7) is 9.84. The van der Waals surface area contributed by atoms with Crippen molar-refractivity contribution in [1.29, 1.82) is 0 Å². The van der Waals surface area contributed by atoms with Gasteiger partial charge in [-0.15, -0.1) is 0 Å². The fraction of sp³-hybridized carbons (Fsp3) is 0.667. The molecular formula is C30H42O6. The van der Waals surface area contributed by atoms with Crippen LogP contribution >= 0.6 is 0 Å². The highest BCUT2D eigenvalue weighted by Crippen LogP contribution is 2.71. The third-order valence-electron chi connectivity index (χ3n) is 9.58. The molecule has 0 aliphatic heterocycles. The maximum atomic E-state index is 14.2. The summed E-state index contributed by atoms with van der Waals surface area (Å²) in [5.41, 5.74) is -2.79. The number of hydrogen-bond donors (Lipinski definition) is 3. The molecule has 2 bridgehead atoms. The molecule has 0 amide bonds. The third-order valence-corrected chi connectivity index (χ3v) is 9.58. The molecule has 36 heavy (non-hydrogen) atoms. The molecule has 4 aliphatic carbocycles. The summed E-state index contributed by atoms with van der Waals surface area (Å²) in [5.74, 6) is -1.13. The lowest BCUT2D eigenvalue weighted by atomic mass is 9.59. The fourth-order valence-corrected chi connectivity index (χ4v) is 7.44. The zero-order valence-corrected chi connectivity index (χ0v) is 22.2. The van der Waals surface area contributed by atoms with Crippen LogP contribution in [-0.2, 0) is 14.3 Å². The van der Waals surface area contributed by atoms with Crippen molar-refractivity contribution in [2.45, 2.75) is 84.5 Å². The van der Waals surface area contributed by atoms with Gasteiger partial charge in [-0.3, -0.25) is 4.79 Å². The van der Waals surface area contributed by atoms with Crippen LogP contribution in [-0.4, -0.2) is 51.5 Å². The van der Waals surface area contributed by atoms with Crippen molar-refractivity contribution < 1.29 is 29.6 Å². The number of hydrogen-bond acceptors (Lipinski definition) is 6. The molecule has 8 atom stereocenters. The number of ketones is 1. The topological polar surface area (TPSA) is 104 Å². The summed E-state index contributed by atoms with van der Waals surface area (Å²) < 4.78 is 5.44. The first-order chi connectivity index (χ1) is 16.9. The van der Waals surface area contributed by atoms with Crippen LogP contribution in [0.2, 0.25) is 0 Å². The van der Waals surface area contributed by atoms with Gasteiger partial charge in [0.05, 0.1) is 5.41 Å². The Labute approximate surface area is 214 Å². The van der Waals surface area contributed by atoms with Crippen LogP contribution in [0, 0.1) is 34.5 Å². The van der Waals surface area contributed by atoms with E-state index in [0.29, 0.717) is 11.5 Å². The number of allylic oxidation sites excluding steroid dienone is 4. The van der Waals surface area contributed by atoms with Crippen LogP contribution in [0.1, 0.15) is 66.7 Å². The largest absolute Gasteiger partial charge is 0.458 e. The van der Waals surface area contributed by atoms with Crippen LogP contribution in [0.15, 0.2) is 47.6 Å². The molecule has 0 radical (unpaired) electrons. The second-order valence-electron chi connectivity index (χ2n) is 12.0. The molecular weight excluding hydrogens is 456 g/mol. The zero-order valence-electron chi connectivity index (χ0n) is 22.2. The summed E-state index contributed by atoms with van der Waals surface area (Å²) in [7, 11) is 0. The van der Waals surface area contributed by atoms with E-state index >= 15 is 0 Å². The van der Waals surface area contributed by atoms with Crippen LogP contribution in [0.3, 0.4) is 0 Å². The Kier molecular flexibility index (Phi) is 7.28. The molecule has 0 aromatic heterocycles. The van der Waals surface area contributed by atoms with E-state index in [4.69, 9.17) is 4.74 Å². The monoisotopic (exact) mass is 498 g/mol. The lowest BCUT2D eigenvalue weighted by Crippen LogP contribution is -2.65. The molecule has 3 N–H and O–H groups in total. The predicted molar refractivity (Wildman–Crippen MR) is 138 cm³/mol. The first-order valence-corrected chi connectivity index (χ1v) is 13.5. The lowest BCUT2D eigenvalue weighted by molar-refractivity contribution is -0.190. The van der Waals surface area contributed by atoms with Gasteiger partial charge in [0.1, 0.15) is 24.4 Å². The van der Waals surface area contributed by atoms with Crippen molar-refractivity contribution >= 4 is 11.8 Å². The maximum absolute atomic E-state index is 14.2. The molecule has 0 aromatic rings. The molecule has 1 spiro atoms. The van der Waals surface area contributed by atoms with Gasteiger partial charge >= 0.3 is 5.97 Å². The van der Waals surface area contributed by atoms with Crippen molar-refractivity contribution in [1.82, 2.24) is 0 Å². The van der Waals surface area contributed by atoms with Crippen molar-refractivity contribution in [3.63, 3.8) is 0 Å². The molecule has 0 aromatic carbocycles. The quantitative estimate of drug-likeness (QED) is 0.153. The minimum atomic E-state index is -2.11. The van der Waals surface area contributed by atoms with E-state index in [2.05, 4.69) is 20.8 Å². The minimum absolute atomic E-state index is 0.0376. The number of carbonyl (C=O) groups is 2. The molecule has 0 unspecified atom stereocenters. The van der Waals surface area contributed by atoms with E-state index < -0.39 is 35.1 Å². The molecule has 0 heterocycles. The Bertz CT molecular complexity index is 1020. The standard InChI is InChI=1S/C30H42O6/c1-6-7-8-9-10-11-12-13-23(31)36-17-20-15-21-24-22(28(24,4)5)14-19(3)29(27(21)34)16-18(2)25(32)30(29,35)26(20)33/h10-13,15-16,19,21-22,24-26,32-33,35H,6-9,14,17H2,1-5H3/b11-10-,13-12+/t19-,21+,22-,24+,25+,26-,29+,30-/m1/s1. The second-order valence-corrected chi connectivity index (χ2v) is 12.0. The van der Waals surface area contributed by atoms with Gasteiger partial charge in [-0.2, -0.15) is 0 Å². The number of ether oxygens (including phenoxy) is 1. The first kappa shape index (κ1) is 27.0. The summed E-state index contributed by atoms with van der Waals surface area (Å²) >= 11 is 0. The Morgan fingerprint density at radius 2 is 1.92 bits per heavy atom. The molecule has 2 saturated carbocycles. The van der Waals surface area contributed by atoms with Crippen molar-refractivity contribution in [2.24, 2.45) is 34.5 Å². The highest BCUT2D eigenvalue weighted by Gasteiger charge is 2.75. The average Bonchev–Trinajstić information content (AvgIpc) is 3.33. The van der Waals surface area contributed by atoms with E-state index in [-0.39, 0.29) is 35.2 Å². The average molecular weight is 499 g/mol. The number of Topliss-reactive ketones (excluding diaryl/α,β-unsaturated/α-hetero) is 1. The Hall–Kier alpha value is -2.02. The normalized spacial score (nSPS) is 40.8. The number of aliphatic hydroxyl groups excluding tert-OH is 2. The summed E-state index contributed by atoms with van der Waals surface area (Å²) in [4.78, 5) is 26.6. The Morgan fingerprint density at radius 1 is 1.19 bits per heavy atom. The van der Waals surface area contributed by atoms with Gasteiger partial charge in [-0.25, -0.2) is 4.79 Å². The first-order valence-electron chi connectivity index (χ1n) is 13.5. The minimum Gasteiger partial charge on any atom is -0.458 e. The van der Waals surface area contributed by atoms with Gasteiger partial charge in [-0.1, -0.05) is 70.9 Å². The SMILES string of the molecule is CCCCC/C=C\C=C\C(=O)OCC1=C[C@@H]2C(=O)[C@]3(C=C(C)[C@H](O)[C@@]3(O)[C@@H]1O)[C@H](C)C[C@@H]1[C@H]2C1(C)C. The Balaban J connectivity index is 1.59. The number of fused-ring (bicyclic) bond motifs is 3. The highest BCUT2D eigenvalue weighted by atomic mass is 16.5. The zero-order chi connectivity index (χ0) is 26.5. The highest BCUT2D eigenvalue weighted by molar-refractivity contribution is 5.95. The summed E-state index contributed by atoms with van der Waals surface area (Å²) in [6, 6.07) is 0. The van der Waals surface area contributed by atoms with Crippen molar-refractivity contribution in [3.8, 4) is 0 Å². The van der Waals surface area contributed by atoms with Gasteiger partial charge in [0.15, 0.2) is 5.78 Å². The smallest absolute Gasteiger partial charge is 0.331 e. The number of esters is 1. The molecule has 2 fully saturated rings. The fourth-order valence-electron chi connectivity index (χ4n) is 7.44. The van der Waals surface area contributed by atoms with Crippen molar-refractivity contribution in [2.75, 3.05) is 6.61 Å². The second kappa shape index (κ2) is 9.70. The van der Waals surface area contributed by atoms with Gasteiger partial charge in [0, 0.05) is 12.0 Å². The van der Waals surface area contributed by atoms with E-state index in [1.165, 1.54) is 12.5 Å². The molecule has 4 aliphatic rings. The van der Waals surface area contributed by atoms with E-state index in [1.54, 1.807) is 25.2 Å². The van der Waals surface area contributed by atoms with E-state index in [0.717, 1.165) is 25.7 Å². The van der Waals surface area contributed by atoms with Crippen LogP contribution in [0.25, 0.3) is 0 Å². The maximum Gasteiger partial charge on any atom is 0.331 e. The number of aliphatic hydroxyl groups is 3. The predicted octanol–water partition coefficient (Wildman–Crippen LogP) is 4.06. The lowest BCUT2D eigenvalue weighted by Gasteiger charge is -2.48. The van der Waals surface area contributed by atoms with E-state index in [1.807, 2.05) is 19.1 Å². The Morgan fingerprint density at radius 3 is 2.61 bits per heavy atom. The number of unbranched alkanes of at least 4 members (excludes halogenated alkanes) is 3. The molecule has 0 saturated heterocycles. The molecule has 6 heteroatoms. The van der Waals surface area contributed by atoms with Crippen molar-refractivity contribution in [3.05, 3.63) is 47.6 Å². The molecule has 6 nitrogen and oxygen atoms in total. The number of carbonyl (C=O) groups excluding carboxylic acids is 2. The van der Waals surface area contributed by atoms with Crippen LogP contribution < -0.4 is 0 Å². The van der Waals surface area contributed by atoms with Gasteiger partial charge in [0.25, 0.3) is 0 Å². The van der Waals surface area contributed by atoms with E-state index in [9.17, 15) is 24.9 Å². The molecule has 4 rings (SSSR count). The van der Waals surface area contributed by atoms with Crippen LogP contribution in [0.4, 0.5) is 0 Å². The van der Waals surface area contributed by atoms with Crippen LogP contribution in [0.5, 0.6) is 0 Å². The summed E-state index contributed by atoms with van der Waals surface area (Å²) in [6.07, 6.45) is 12.4. The van der Waals surface area contributed by atoms with Gasteiger partial charge < -0.3 is 20.1 Å².